The van der Waals surface area contributed by atoms with E-state index < -0.39 is 28.5 Å². The summed E-state index contributed by atoms with van der Waals surface area (Å²) in [7, 11) is -3.98. The van der Waals surface area contributed by atoms with Gasteiger partial charge in [0.05, 0.1) is 27.0 Å². The average Bonchev–Trinajstić information content (AvgIpc) is 2.84. The Labute approximate surface area is 238 Å². The number of halogens is 4. The number of carbonyl (C=O) groups excluding carboxylic acids is 2. The van der Waals surface area contributed by atoms with E-state index in [4.69, 9.17) is 46.4 Å². The Morgan fingerprint density at radius 2 is 1.59 bits per heavy atom. The van der Waals surface area contributed by atoms with Gasteiger partial charge in [-0.15, -0.1) is 0 Å². The molecule has 1 saturated carbocycles. The third-order valence-corrected chi connectivity index (χ3v) is 8.88. The first kappa shape index (κ1) is 29.8. The summed E-state index contributed by atoms with van der Waals surface area (Å²) in [4.78, 5) is 28.2. The van der Waals surface area contributed by atoms with E-state index in [2.05, 4.69) is 5.32 Å². The third-order valence-electron chi connectivity index (χ3n) is 6.36. The molecule has 0 aromatic heterocycles. The average molecular weight is 609 g/mol. The number of nitrogens with one attached hydrogen (secondary N) is 1. The SMILES string of the molecule is C[C@H](C(=O)NC1CCCCC1)N(Cc1ccccc1Cl)C(=O)CN(c1cc(Cl)c(Cl)cc1Cl)S(C)(=O)=O. The quantitative estimate of drug-likeness (QED) is 0.357. The summed E-state index contributed by atoms with van der Waals surface area (Å²) >= 11 is 24.8. The molecule has 0 bridgehead atoms. The van der Waals surface area contributed by atoms with Gasteiger partial charge >= 0.3 is 0 Å². The van der Waals surface area contributed by atoms with Gasteiger partial charge in [-0.05, 0) is 43.5 Å². The van der Waals surface area contributed by atoms with E-state index >= 15 is 0 Å². The highest BCUT2D eigenvalue weighted by molar-refractivity contribution is 7.92. The van der Waals surface area contributed by atoms with E-state index in [1.54, 1.807) is 31.2 Å². The fraction of sp³-hybridized carbons (Fsp3) is 0.440. The highest BCUT2D eigenvalue weighted by atomic mass is 35.5. The number of nitrogens with zero attached hydrogens (tertiary/aromatic N) is 2. The lowest BCUT2D eigenvalue weighted by Gasteiger charge is -2.33. The molecule has 2 amide bonds. The lowest BCUT2D eigenvalue weighted by molar-refractivity contribution is -0.139. The first-order valence-corrected chi connectivity index (χ1v) is 15.2. The fourth-order valence-electron chi connectivity index (χ4n) is 4.26. The van der Waals surface area contributed by atoms with Crippen molar-refractivity contribution in [3.8, 4) is 0 Å². The smallest absolute Gasteiger partial charge is 0.244 e. The molecule has 1 aliphatic carbocycles. The molecule has 12 heteroatoms. The van der Waals surface area contributed by atoms with Crippen LogP contribution in [-0.4, -0.2) is 50.0 Å². The van der Waals surface area contributed by atoms with Crippen LogP contribution in [-0.2, 0) is 26.2 Å². The molecule has 202 valence electrons. The van der Waals surface area contributed by atoms with Crippen molar-refractivity contribution in [3.05, 3.63) is 62.1 Å². The van der Waals surface area contributed by atoms with Gasteiger partial charge in [0.1, 0.15) is 12.6 Å². The van der Waals surface area contributed by atoms with Crippen molar-refractivity contribution in [2.45, 2.75) is 57.7 Å². The van der Waals surface area contributed by atoms with Gasteiger partial charge in [-0.2, -0.15) is 0 Å². The van der Waals surface area contributed by atoms with Crippen molar-refractivity contribution in [3.63, 3.8) is 0 Å². The van der Waals surface area contributed by atoms with E-state index in [1.165, 1.54) is 17.0 Å². The number of hydrogen-bond donors (Lipinski definition) is 1. The minimum atomic E-state index is -3.98. The van der Waals surface area contributed by atoms with Crippen LogP contribution < -0.4 is 9.62 Å². The molecule has 0 spiro atoms. The minimum Gasteiger partial charge on any atom is -0.352 e. The van der Waals surface area contributed by atoms with Crippen molar-refractivity contribution < 1.29 is 18.0 Å². The van der Waals surface area contributed by atoms with Crippen LogP contribution in [0.25, 0.3) is 0 Å². The molecular weight excluding hydrogens is 580 g/mol. The van der Waals surface area contributed by atoms with Crippen LogP contribution in [0.1, 0.15) is 44.6 Å². The van der Waals surface area contributed by atoms with Gasteiger partial charge in [0, 0.05) is 17.6 Å². The standard InChI is InChI=1S/C25H29Cl4N3O4S/c1-16(25(34)30-18-9-4-3-5-10-18)31(14-17-8-6-7-11-19(17)26)24(33)15-32(37(2,35)36)23-13-21(28)20(27)12-22(23)29/h6-8,11-13,16,18H,3-5,9-10,14-15H2,1-2H3,(H,30,34)/t16-/m1/s1. The van der Waals surface area contributed by atoms with Gasteiger partial charge in [-0.1, -0.05) is 83.9 Å². The zero-order valence-corrected chi connectivity index (χ0v) is 24.4. The molecule has 1 aliphatic rings. The van der Waals surface area contributed by atoms with Gasteiger partial charge in [-0.25, -0.2) is 8.42 Å². The highest BCUT2D eigenvalue weighted by Gasteiger charge is 2.32. The van der Waals surface area contributed by atoms with Crippen LogP contribution in [0, 0.1) is 0 Å². The predicted molar refractivity (Wildman–Crippen MR) is 150 cm³/mol. The van der Waals surface area contributed by atoms with Gasteiger partial charge in [0.2, 0.25) is 21.8 Å². The fourth-order valence-corrected chi connectivity index (χ4v) is 6.00. The van der Waals surface area contributed by atoms with Crippen LogP contribution in [0.3, 0.4) is 0 Å². The molecule has 0 radical (unpaired) electrons. The first-order valence-electron chi connectivity index (χ1n) is 11.8. The maximum absolute atomic E-state index is 13.7. The van der Waals surface area contributed by atoms with Gasteiger partial charge in [-0.3, -0.25) is 13.9 Å². The van der Waals surface area contributed by atoms with Crippen molar-refractivity contribution in [1.29, 1.82) is 0 Å². The molecule has 0 heterocycles. The van der Waals surface area contributed by atoms with Crippen LogP contribution >= 0.6 is 46.4 Å². The lowest BCUT2D eigenvalue weighted by atomic mass is 9.95. The van der Waals surface area contributed by atoms with Crippen molar-refractivity contribution in [2.75, 3.05) is 17.1 Å². The monoisotopic (exact) mass is 607 g/mol. The van der Waals surface area contributed by atoms with Crippen LogP contribution in [0.5, 0.6) is 0 Å². The molecule has 0 unspecified atom stereocenters. The summed E-state index contributed by atoms with van der Waals surface area (Å²) in [6.07, 6.45) is 5.93. The van der Waals surface area contributed by atoms with E-state index in [1.807, 2.05) is 0 Å². The summed E-state index contributed by atoms with van der Waals surface area (Å²) in [6.45, 7) is 1.01. The number of rotatable bonds is 9. The van der Waals surface area contributed by atoms with Crippen LogP contribution in [0.2, 0.25) is 20.1 Å². The zero-order chi connectivity index (χ0) is 27.3. The van der Waals surface area contributed by atoms with E-state index in [0.717, 1.165) is 42.7 Å². The molecule has 37 heavy (non-hydrogen) atoms. The van der Waals surface area contributed by atoms with Crippen LogP contribution in [0.15, 0.2) is 36.4 Å². The minimum absolute atomic E-state index is 0.00363. The third kappa shape index (κ3) is 7.90. The van der Waals surface area contributed by atoms with Gasteiger partial charge < -0.3 is 10.2 Å². The number of hydrogen-bond acceptors (Lipinski definition) is 4. The molecule has 2 aromatic rings. The molecule has 1 fully saturated rings. The maximum Gasteiger partial charge on any atom is 0.244 e. The molecule has 1 atom stereocenters. The zero-order valence-electron chi connectivity index (χ0n) is 20.5. The topological polar surface area (TPSA) is 86.8 Å². The van der Waals surface area contributed by atoms with Gasteiger partial charge in [0.15, 0.2) is 0 Å². The van der Waals surface area contributed by atoms with Crippen molar-refractivity contribution in [2.24, 2.45) is 0 Å². The number of anilines is 1. The Bertz CT molecular complexity index is 1250. The van der Waals surface area contributed by atoms with Crippen LogP contribution in [0.4, 0.5) is 5.69 Å². The van der Waals surface area contributed by atoms with E-state index in [9.17, 15) is 18.0 Å². The molecule has 2 aromatic carbocycles. The first-order chi connectivity index (χ1) is 17.4. The largest absolute Gasteiger partial charge is 0.352 e. The summed E-state index contributed by atoms with van der Waals surface area (Å²) in [5.74, 6) is -0.926. The number of carbonyl (C=O) groups is 2. The highest BCUT2D eigenvalue weighted by Crippen LogP contribution is 2.35. The Balaban J connectivity index is 1.93. The van der Waals surface area contributed by atoms with Gasteiger partial charge in [0.25, 0.3) is 0 Å². The number of sulfonamides is 1. The van der Waals surface area contributed by atoms with Crippen molar-refractivity contribution in [1.82, 2.24) is 10.2 Å². The number of benzene rings is 2. The molecule has 7 nitrogen and oxygen atoms in total. The number of amides is 2. The second-order valence-corrected chi connectivity index (χ2v) is 12.7. The normalized spacial score (nSPS) is 15.2. The Hall–Kier alpha value is -1.71. The molecule has 0 aliphatic heterocycles. The lowest BCUT2D eigenvalue weighted by Crippen LogP contribution is -2.53. The Morgan fingerprint density at radius 3 is 2.22 bits per heavy atom. The second-order valence-electron chi connectivity index (χ2n) is 9.12. The Morgan fingerprint density at radius 1 is 0.973 bits per heavy atom. The second kappa shape index (κ2) is 12.9. The summed E-state index contributed by atoms with van der Waals surface area (Å²) in [5.41, 5.74) is 0.622. The molecule has 0 saturated heterocycles. The summed E-state index contributed by atoms with van der Waals surface area (Å²) < 4.78 is 26.3. The predicted octanol–water partition coefficient (Wildman–Crippen LogP) is 5.93. The molecular formula is C25H29Cl4N3O4S. The van der Waals surface area contributed by atoms with E-state index in [-0.39, 0.29) is 39.2 Å². The molecule has 3 rings (SSSR count). The van der Waals surface area contributed by atoms with E-state index in [0.29, 0.717) is 10.6 Å². The van der Waals surface area contributed by atoms with Crippen molar-refractivity contribution >= 4 is 73.9 Å². The Kier molecular flexibility index (Phi) is 10.4. The summed E-state index contributed by atoms with van der Waals surface area (Å²) in [6, 6.07) is 8.72. The summed E-state index contributed by atoms with van der Waals surface area (Å²) in [5, 5.41) is 3.69. The maximum atomic E-state index is 13.7. The molecule has 1 N–H and O–H groups in total.